The molecule has 0 radical (unpaired) electrons. The topological polar surface area (TPSA) is 26.3 Å². The molecule has 0 saturated carbocycles. The number of hydrogen-bond donors (Lipinski definition) is 0. The highest BCUT2D eigenvalue weighted by Gasteiger charge is 2.36. The molecule has 3 aromatic rings. The Bertz CT molecular complexity index is 969. The number of para-hydroxylation sites is 1. The summed E-state index contributed by atoms with van der Waals surface area (Å²) in [5.74, 6) is 0.817. The van der Waals surface area contributed by atoms with E-state index in [1.807, 2.05) is 42.5 Å². The Labute approximate surface area is 194 Å². The van der Waals surface area contributed by atoms with Crippen LogP contribution in [0.15, 0.2) is 84.9 Å². The van der Waals surface area contributed by atoms with Gasteiger partial charge in [-0.15, -0.1) is 0 Å². The predicted octanol–water partition coefficient (Wildman–Crippen LogP) is 8.71. The van der Waals surface area contributed by atoms with Crippen LogP contribution in [0.2, 0.25) is 0 Å². The van der Waals surface area contributed by atoms with Crippen molar-refractivity contribution in [1.82, 2.24) is 0 Å². The molecular formula is C29H37O2P. The van der Waals surface area contributed by atoms with Gasteiger partial charge >= 0.3 is 0 Å². The van der Waals surface area contributed by atoms with E-state index >= 15 is 0 Å². The average Bonchev–Trinajstić information content (AvgIpc) is 2.83. The first-order valence-electron chi connectivity index (χ1n) is 12.0. The van der Waals surface area contributed by atoms with E-state index in [1.54, 1.807) is 7.11 Å². The van der Waals surface area contributed by atoms with Gasteiger partial charge in [0.1, 0.15) is 12.9 Å². The molecular weight excluding hydrogens is 411 g/mol. The van der Waals surface area contributed by atoms with E-state index in [0.29, 0.717) is 6.16 Å². The van der Waals surface area contributed by atoms with Crippen LogP contribution in [-0.4, -0.2) is 13.3 Å². The summed E-state index contributed by atoms with van der Waals surface area (Å²) in [4.78, 5) is 0. The van der Waals surface area contributed by atoms with Crippen molar-refractivity contribution in [2.75, 3.05) is 13.3 Å². The predicted molar refractivity (Wildman–Crippen MR) is 137 cm³/mol. The fourth-order valence-electron chi connectivity index (χ4n) is 4.58. The van der Waals surface area contributed by atoms with Gasteiger partial charge in [0.05, 0.1) is 12.8 Å². The van der Waals surface area contributed by atoms with E-state index in [9.17, 15) is 4.57 Å². The van der Waals surface area contributed by atoms with E-state index in [2.05, 4.69) is 49.4 Å². The molecule has 0 N–H and O–H groups in total. The van der Waals surface area contributed by atoms with Gasteiger partial charge < -0.3 is 9.30 Å². The summed E-state index contributed by atoms with van der Waals surface area (Å²) in [6, 6.07) is 28.8. The second-order valence-corrected chi connectivity index (χ2v) is 11.8. The molecule has 0 fully saturated rings. The number of unbranched alkanes of at least 4 members (excludes halogenated alkanes) is 5. The molecule has 170 valence electrons. The SMILES string of the molecule is CCCCCCCCP(=O)(Cc1ccccc1)C(c1ccccc1)c1ccccc1OC. The number of rotatable bonds is 13. The van der Waals surface area contributed by atoms with Gasteiger partial charge in [0, 0.05) is 17.9 Å². The smallest absolute Gasteiger partial charge is 0.123 e. The second kappa shape index (κ2) is 12.7. The molecule has 3 aromatic carbocycles. The van der Waals surface area contributed by atoms with Crippen molar-refractivity contribution in [1.29, 1.82) is 0 Å². The highest BCUT2D eigenvalue weighted by atomic mass is 31.2. The number of benzene rings is 3. The van der Waals surface area contributed by atoms with Gasteiger partial charge in [-0.25, -0.2) is 0 Å². The zero-order valence-corrected chi connectivity index (χ0v) is 20.5. The summed E-state index contributed by atoms with van der Waals surface area (Å²) in [5, 5.41) is 0. The average molecular weight is 449 g/mol. The molecule has 0 amide bonds. The third-order valence-corrected chi connectivity index (χ3v) is 9.69. The lowest BCUT2D eigenvalue weighted by atomic mass is 10.0. The number of hydrogen-bond acceptors (Lipinski definition) is 2. The second-order valence-electron chi connectivity index (χ2n) is 8.64. The Morgan fingerprint density at radius 1 is 0.750 bits per heavy atom. The van der Waals surface area contributed by atoms with Crippen LogP contribution >= 0.6 is 7.14 Å². The van der Waals surface area contributed by atoms with Crippen molar-refractivity contribution in [2.45, 2.75) is 57.3 Å². The molecule has 0 aromatic heterocycles. The van der Waals surface area contributed by atoms with Crippen molar-refractivity contribution < 1.29 is 9.30 Å². The van der Waals surface area contributed by atoms with Crippen LogP contribution in [-0.2, 0) is 10.7 Å². The molecule has 0 spiro atoms. The zero-order valence-electron chi connectivity index (χ0n) is 19.6. The van der Waals surface area contributed by atoms with Crippen LogP contribution in [0.5, 0.6) is 5.75 Å². The molecule has 0 aliphatic rings. The lowest BCUT2D eigenvalue weighted by molar-refractivity contribution is 0.409. The summed E-state index contributed by atoms with van der Waals surface area (Å²) in [6.07, 6.45) is 8.55. The van der Waals surface area contributed by atoms with Gasteiger partial charge in [0.25, 0.3) is 0 Å². The third-order valence-electron chi connectivity index (χ3n) is 6.20. The summed E-state index contributed by atoms with van der Waals surface area (Å²) in [6.45, 7) is 2.24. The Morgan fingerprint density at radius 2 is 1.34 bits per heavy atom. The van der Waals surface area contributed by atoms with Crippen LogP contribution in [0.1, 0.15) is 67.8 Å². The minimum absolute atomic E-state index is 0.171. The van der Waals surface area contributed by atoms with Crippen molar-refractivity contribution >= 4 is 7.14 Å². The zero-order chi connectivity index (χ0) is 22.7. The molecule has 0 heterocycles. The molecule has 0 aliphatic heterocycles. The lowest BCUT2D eigenvalue weighted by Gasteiger charge is -2.30. The molecule has 0 aliphatic carbocycles. The minimum Gasteiger partial charge on any atom is -0.496 e. The van der Waals surface area contributed by atoms with Crippen molar-refractivity contribution in [2.24, 2.45) is 0 Å². The molecule has 0 saturated heterocycles. The first-order chi connectivity index (χ1) is 15.7. The van der Waals surface area contributed by atoms with Crippen LogP contribution in [0.25, 0.3) is 0 Å². The van der Waals surface area contributed by atoms with Crippen LogP contribution < -0.4 is 4.74 Å². The van der Waals surface area contributed by atoms with Gasteiger partial charge in [-0.2, -0.15) is 0 Å². The Kier molecular flexibility index (Phi) is 9.62. The van der Waals surface area contributed by atoms with Crippen LogP contribution in [0.3, 0.4) is 0 Å². The van der Waals surface area contributed by atoms with Crippen molar-refractivity contribution in [3.63, 3.8) is 0 Å². The van der Waals surface area contributed by atoms with E-state index < -0.39 is 7.14 Å². The summed E-state index contributed by atoms with van der Waals surface area (Å²) in [7, 11) is -0.966. The molecule has 2 atom stereocenters. The number of methoxy groups -OCH3 is 1. The third kappa shape index (κ3) is 6.59. The van der Waals surface area contributed by atoms with Crippen LogP contribution in [0.4, 0.5) is 0 Å². The first kappa shape index (κ1) is 24.3. The van der Waals surface area contributed by atoms with Gasteiger partial charge in [-0.1, -0.05) is 118 Å². The summed E-state index contributed by atoms with van der Waals surface area (Å²) in [5.41, 5.74) is 3.13. The van der Waals surface area contributed by atoms with E-state index in [4.69, 9.17) is 4.74 Å². The molecule has 2 unspecified atom stereocenters. The highest BCUT2D eigenvalue weighted by Crippen LogP contribution is 2.65. The number of ether oxygens (including phenoxy) is 1. The first-order valence-corrected chi connectivity index (χ1v) is 14.1. The van der Waals surface area contributed by atoms with E-state index in [-0.39, 0.29) is 5.66 Å². The van der Waals surface area contributed by atoms with Gasteiger partial charge in [-0.3, -0.25) is 0 Å². The van der Waals surface area contributed by atoms with Gasteiger partial charge in [-0.05, 0) is 23.6 Å². The normalized spacial score (nSPS) is 13.9. The molecule has 3 rings (SSSR count). The fraction of sp³-hybridized carbons (Fsp3) is 0.379. The fourth-order valence-corrected chi connectivity index (χ4v) is 8.21. The maximum absolute atomic E-state index is 15.0. The largest absolute Gasteiger partial charge is 0.496 e. The van der Waals surface area contributed by atoms with Gasteiger partial charge in [0.15, 0.2) is 0 Å². The maximum Gasteiger partial charge on any atom is 0.123 e. The molecule has 32 heavy (non-hydrogen) atoms. The van der Waals surface area contributed by atoms with Gasteiger partial charge in [0.2, 0.25) is 0 Å². The summed E-state index contributed by atoms with van der Waals surface area (Å²) >= 11 is 0. The molecule has 0 bridgehead atoms. The monoisotopic (exact) mass is 448 g/mol. The quantitative estimate of drug-likeness (QED) is 0.193. The Hall–Kier alpha value is -2.31. The Morgan fingerprint density at radius 3 is 2.03 bits per heavy atom. The lowest BCUT2D eigenvalue weighted by Crippen LogP contribution is -2.09. The summed E-state index contributed by atoms with van der Waals surface area (Å²) < 4.78 is 20.7. The van der Waals surface area contributed by atoms with Crippen molar-refractivity contribution in [3.8, 4) is 5.75 Å². The van der Waals surface area contributed by atoms with Crippen LogP contribution in [0, 0.1) is 0 Å². The standard InChI is InChI=1S/C29H37O2P/c1-3-4-5-6-7-16-23-32(30,24-25-17-10-8-11-18-25)29(26-19-12-9-13-20-26)27-21-14-15-22-28(27)31-2/h8-15,17-22,29H,3-7,16,23-24H2,1-2H3. The maximum atomic E-state index is 15.0. The highest BCUT2D eigenvalue weighted by molar-refractivity contribution is 7.63. The van der Waals surface area contributed by atoms with E-state index in [1.165, 1.54) is 25.7 Å². The Balaban J connectivity index is 1.99. The minimum atomic E-state index is -2.67. The molecule has 3 heteroatoms. The van der Waals surface area contributed by atoms with E-state index in [0.717, 1.165) is 41.4 Å². The van der Waals surface area contributed by atoms with Crippen molar-refractivity contribution in [3.05, 3.63) is 102 Å². The molecule has 2 nitrogen and oxygen atoms in total.